The van der Waals surface area contributed by atoms with Crippen LogP contribution >= 0.6 is 11.3 Å². The van der Waals surface area contributed by atoms with E-state index in [-0.39, 0.29) is 18.4 Å². The lowest BCUT2D eigenvalue weighted by Crippen LogP contribution is -2.39. The molecule has 0 saturated heterocycles. The Kier molecular flexibility index (Phi) is 8.50. The average molecular weight is 526 g/mol. The van der Waals surface area contributed by atoms with E-state index in [0.29, 0.717) is 65.8 Å². The number of ether oxygens (including phenoxy) is 4. The highest BCUT2D eigenvalue weighted by molar-refractivity contribution is 7.14. The Balaban J connectivity index is 1.57. The van der Waals surface area contributed by atoms with Gasteiger partial charge < -0.3 is 23.8 Å². The zero-order valence-electron chi connectivity index (χ0n) is 21.5. The summed E-state index contributed by atoms with van der Waals surface area (Å²) in [6.45, 7) is 9.56. The molecule has 0 atom stereocenters. The highest BCUT2D eigenvalue weighted by atomic mass is 32.1. The van der Waals surface area contributed by atoms with Crippen LogP contribution in [0.1, 0.15) is 44.5 Å². The average Bonchev–Trinajstić information content (AvgIpc) is 3.36. The van der Waals surface area contributed by atoms with E-state index in [1.807, 2.05) is 51.3 Å². The lowest BCUT2D eigenvalue weighted by molar-refractivity contribution is -0.121. The molecule has 1 aliphatic rings. The van der Waals surface area contributed by atoms with Crippen molar-refractivity contribution in [1.82, 2.24) is 4.98 Å². The molecule has 0 bridgehead atoms. The lowest BCUT2D eigenvalue weighted by atomic mass is 10.1. The third kappa shape index (κ3) is 5.80. The molecular formula is C27H31N3O6S. The van der Waals surface area contributed by atoms with Crippen molar-refractivity contribution in [2.75, 3.05) is 43.2 Å². The summed E-state index contributed by atoms with van der Waals surface area (Å²) in [6.07, 6.45) is 0.837. The molecule has 2 aromatic carbocycles. The van der Waals surface area contributed by atoms with Gasteiger partial charge in [0.15, 0.2) is 23.2 Å². The van der Waals surface area contributed by atoms with Gasteiger partial charge in [-0.05, 0) is 57.5 Å². The molecule has 1 N–H and O–H groups in total. The third-order valence-corrected chi connectivity index (χ3v) is 6.30. The van der Waals surface area contributed by atoms with Gasteiger partial charge in [-0.25, -0.2) is 4.98 Å². The molecule has 0 radical (unpaired) electrons. The van der Waals surface area contributed by atoms with Gasteiger partial charge in [0.05, 0.1) is 31.2 Å². The number of thiazole rings is 1. The normalized spacial score (nSPS) is 12.5. The molecule has 0 fully saturated rings. The quantitative estimate of drug-likeness (QED) is 0.358. The van der Waals surface area contributed by atoms with E-state index < -0.39 is 0 Å². The summed E-state index contributed by atoms with van der Waals surface area (Å²) < 4.78 is 22.8. The van der Waals surface area contributed by atoms with Gasteiger partial charge in [0.25, 0.3) is 11.8 Å². The summed E-state index contributed by atoms with van der Waals surface area (Å²) in [7, 11) is 0. The minimum atomic E-state index is -0.343. The Hall–Kier alpha value is -3.79. The summed E-state index contributed by atoms with van der Waals surface area (Å²) in [6, 6.07) is 8.93. The van der Waals surface area contributed by atoms with E-state index in [0.717, 1.165) is 17.7 Å². The van der Waals surface area contributed by atoms with Gasteiger partial charge in [-0.3, -0.25) is 14.9 Å². The molecule has 2 heterocycles. The fourth-order valence-electron chi connectivity index (χ4n) is 3.98. The monoisotopic (exact) mass is 525 g/mol. The molecule has 10 heteroatoms. The topological polar surface area (TPSA) is 99.2 Å². The first-order valence-electron chi connectivity index (χ1n) is 12.4. The highest BCUT2D eigenvalue weighted by Gasteiger charge is 2.26. The van der Waals surface area contributed by atoms with E-state index in [9.17, 15) is 9.59 Å². The minimum Gasteiger partial charge on any atom is -0.490 e. The third-order valence-electron chi connectivity index (χ3n) is 5.54. The van der Waals surface area contributed by atoms with Crippen LogP contribution in [0.4, 0.5) is 10.8 Å². The molecule has 1 aliphatic heterocycles. The van der Waals surface area contributed by atoms with Gasteiger partial charge in [-0.1, -0.05) is 6.92 Å². The van der Waals surface area contributed by atoms with E-state index in [1.165, 1.54) is 11.3 Å². The fourth-order valence-corrected chi connectivity index (χ4v) is 4.70. The van der Waals surface area contributed by atoms with Crippen molar-refractivity contribution in [1.29, 1.82) is 0 Å². The number of fused-ring (bicyclic) bond motifs is 1. The number of carbonyl (C=O) groups excluding carboxylic acids is 2. The first-order valence-corrected chi connectivity index (χ1v) is 13.3. The van der Waals surface area contributed by atoms with Gasteiger partial charge in [0.1, 0.15) is 5.75 Å². The number of carbonyl (C=O) groups is 2. The van der Waals surface area contributed by atoms with Gasteiger partial charge in [-0.2, -0.15) is 0 Å². The predicted molar refractivity (Wildman–Crippen MR) is 144 cm³/mol. The minimum absolute atomic E-state index is 0.0425. The Labute approximate surface area is 220 Å². The number of rotatable bonds is 11. The number of anilines is 2. The van der Waals surface area contributed by atoms with Crippen LogP contribution in [-0.4, -0.2) is 49.8 Å². The van der Waals surface area contributed by atoms with E-state index in [4.69, 9.17) is 18.9 Å². The second kappa shape index (κ2) is 12.0. The first-order chi connectivity index (χ1) is 18.0. The zero-order valence-corrected chi connectivity index (χ0v) is 22.3. The molecule has 0 spiro atoms. The van der Waals surface area contributed by atoms with Crippen LogP contribution in [-0.2, 0) is 4.79 Å². The van der Waals surface area contributed by atoms with Gasteiger partial charge in [-0.15, -0.1) is 11.3 Å². The van der Waals surface area contributed by atoms with Gasteiger partial charge in [0.2, 0.25) is 5.75 Å². The van der Waals surface area contributed by atoms with Crippen molar-refractivity contribution in [2.45, 2.75) is 34.1 Å². The number of nitrogens with one attached hydrogen (secondary N) is 1. The maximum atomic E-state index is 13.1. The van der Waals surface area contributed by atoms with E-state index in [1.54, 1.807) is 17.0 Å². The number of benzene rings is 2. The standard InChI is InChI=1S/C27H31N3O6S/c1-5-11-30-20-12-17(9-10-21(20)36-15-24(30)31)19-16-37-27(28-19)29-26(32)18-13-22(33-6-2)25(35-8-4)23(14-18)34-7-3/h9-10,12-14,16H,5-8,11,15H2,1-4H3,(H,28,29,32). The largest absolute Gasteiger partial charge is 0.490 e. The van der Waals surface area contributed by atoms with Gasteiger partial charge in [0, 0.05) is 23.1 Å². The Bertz CT molecular complexity index is 1250. The highest BCUT2D eigenvalue weighted by Crippen LogP contribution is 2.40. The second-order valence-corrected chi connectivity index (χ2v) is 8.97. The molecule has 1 aromatic heterocycles. The summed E-state index contributed by atoms with van der Waals surface area (Å²) >= 11 is 1.31. The fraction of sp³-hybridized carbons (Fsp3) is 0.370. The lowest BCUT2D eigenvalue weighted by Gasteiger charge is -2.29. The van der Waals surface area contributed by atoms with Crippen molar-refractivity contribution in [2.24, 2.45) is 0 Å². The number of hydrogen-bond acceptors (Lipinski definition) is 8. The summed E-state index contributed by atoms with van der Waals surface area (Å²) in [5.74, 6) is 1.64. The van der Waals surface area contributed by atoms with Crippen LogP contribution in [0.5, 0.6) is 23.0 Å². The second-order valence-electron chi connectivity index (χ2n) is 8.11. The molecule has 196 valence electrons. The smallest absolute Gasteiger partial charge is 0.265 e. The van der Waals surface area contributed by atoms with Crippen molar-refractivity contribution in [3.8, 4) is 34.3 Å². The maximum Gasteiger partial charge on any atom is 0.265 e. The van der Waals surface area contributed by atoms with E-state index in [2.05, 4.69) is 10.3 Å². The molecule has 9 nitrogen and oxygen atoms in total. The Morgan fingerprint density at radius 2 is 1.76 bits per heavy atom. The first kappa shape index (κ1) is 26.3. The van der Waals surface area contributed by atoms with Crippen molar-refractivity contribution >= 4 is 34.0 Å². The van der Waals surface area contributed by atoms with Crippen LogP contribution in [0.3, 0.4) is 0 Å². The molecule has 0 saturated carbocycles. The van der Waals surface area contributed by atoms with Crippen LogP contribution in [0, 0.1) is 0 Å². The van der Waals surface area contributed by atoms with Crippen molar-refractivity contribution in [3.05, 3.63) is 41.3 Å². The Morgan fingerprint density at radius 1 is 1.05 bits per heavy atom. The van der Waals surface area contributed by atoms with Gasteiger partial charge >= 0.3 is 0 Å². The SMILES string of the molecule is CCCN1C(=O)COc2ccc(-c3csc(NC(=O)c4cc(OCC)c(OCC)c(OCC)c4)n3)cc21. The number of nitrogens with zero attached hydrogens (tertiary/aromatic N) is 2. The Morgan fingerprint density at radius 3 is 2.41 bits per heavy atom. The number of amides is 2. The van der Waals surface area contributed by atoms with Crippen LogP contribution in [0.25, 0.3) is 11.3 Å². The molecule has 2 amide bonds. The predicted octanol–water partition coefficient (Wildman–Crippen LogP) is 5.39. The van der Waals surface area contributed by atoms with E-state index >= 15 is 0 Å². The summed E-state index contributed by atoms with van der Waals surface area (Å²) in [5.41, 5.74) is 2.62. The van der Waals surface area contributed by atoms with Crippen molar-refractivity contribution in [3.63, 3.8) is 0 Å². The summed E-state index contributed by atoms with van der Waals surface area (Å²) in [4.78, 5) is 31.8. The molecule has 3 aromatic rings. The summed E-state index contributed by atoms with van der Waals surface area (Å²) in [5, 5.41) is 5.17. The molecular weight excluding hydrogens is 494 g/mol. The molecule has 0 aliphatic carbocycles. The van der Waals surface area contributed by atoms with Crippen molar-refractivity contribution < 1.29 is 28.5 Å². The zero-order chi connectivity index (χ0) is 26.4. The number of hydrogen-bond donors (Lipinski definition) is 1. The molecule has 4 rings (SSSR count). The maximum absolute atomic E-state index is 13.1. The molecule has 0 unspecified atom stereocenters. The van der Waals surface area contributed by atoms with Crippen LogP contribution < -0.4 is 29.2 Å². The van der Waals surface area contributed by atoms with Crippen LogP contribution in [0.15, 0.2) is 35.7 Å². The molecule has 37 heavy (non-hydrogen) atoms. The van der Waals surface area contributed by atoms with Crippen LogP contribution in [0.2, 0.25) is 0 Å². The number of aromatic nitrogens is 1.